The topological polar surface area (TPSA) is 45.6 Å². The van der Waals surface area contributed by atoms with Gasteiger partial charge in [-0.25, -0.2) is 0 Å². The average Bonchev–Trinajstić information content (AvgIpc) is 2.77. The van der Waals surface area contributed by atoms with Gasteiger partial charge in [0.2, 0.25) is 0 Å². The number of likely N-dealkylation sites (tertiary alicyclic amines) is 1. The molecular formula is C18H29N3O2. The first-order valence-corrected chi connectivity index (χ1v) is 8.52. The van der Waals surface area contributed by atoms with E-state index in [0.717, 1.165) is 50.0 Å². The summed E-state index contributed by atoms with van der Waals surface area (Å²) in [6, 6.07) is 2.29. The molecule has 0 saturated carbocycles. The zero-order chi connectivity index (χ0) is 17.1. The Labute approximate surface area is 138 Å². The summed E-state index contributed by atoms with van der Waals surface area (Å²) in [4.78, 5) is 29.5. The zero-order valence-electron chi connectivity index (χ0n) is 15.1. The Morgan fingerprint density at radius 3 is 2.61 bits per heavy atom. The first-order chi connectivity index (χ1) is 10.9. The minimum atomic E-state index is -0.175. The number of carbonyl (C=O) groups is 1. The molecule has 0 unspecified atom stereocenters. The highest BCUT2D eigenvalue weighted by Gasteiger charge is 2.25. The molecule has 2 heterocycles. The lowest BCUT2D eigenvalue weighted by Crippen LogP contribution is -2.38. The van der Waals surface area contributed by atoms with Gasteiger partial charge in [-0.3, -0.25) is 9.59 Å². The second-order valence-corrected chi connectivity index (χ2v) is 6.75. The summed E-state index contributed by atoms with van der Waals surface area (Å²) in [5.41, 5.74) is 2.14. The quantitative estimate of drug-likeness (QED) is 0.853. The fourth-order valence-electron chi connectivity index (χ4n) is 3.57. The normalized spacial score (nSPS) is 19.0. The Balaban J connectivity index is 2.26. The average molecular weight is 319 g/mol. The molecule has 0 N–H and O–H groups in total. The summed E-state index contributed by atoms with van der Waals surface area (Å²) in [5, 5.41) is 0. The van der Waals surface area contributed by atoms with Crippen LogP contribution >= 0.6 is 0 Å². The second kappa shape index (κ2) is 7.30. The van der Waals surface area contributed by atoms with Crippen LogP contribution in [0.15, 0.2) is 10.9 Å². The molecule has 0 spiro atoms. The number of pyridine rings is 1. The van der Waals surface area contributed by atoms with Crippen LogP contribution in [0.1, 0.15) is 47.8 Å². The van der Waals surface area contributed by atoms with Gasteiger partial charge in [-0.2, -0.15) is 0 Å². The van der Waals surface area contributed by atoms with Gasteiger partial charge < -0.3 is 14.4 Å². The molecule has 1 atom stereocenters. The van der Waals surface area contributed by atoms with Gasteiger partial charge >= 0.3 is 0 Å². The van der Waals surface area contributed by atoms with Crippen molar-refractivity contribution in [3.05, 3.63) is 33.2 Å². The Kier molecular flexibility index (Phi) is 5.63. The molecule has 5 nitrogen and oxygen atoms in total. The fraction of sp³-hybridized carbons (Fsp3) is 0.667. The minimum Gasteiger partial charge on any atom is -0.338 e. The van der Waals surface area contributed by atoms with E-state index in [1.54, 1.807) is 17.7 Å². The summed E-state index contributed by atoms with van der Waals surface area (Å²) in [6.45, 7) is 5.46. The van der Waals surface area contributed by atoms with Crippen molar-refractivity contribution in [1.29, 1.82) is 0 Å². The van der Waals surface area contributed by atoms with E-state index in [2.05, 4.69) is 19.0 Å². The highest BCUT2D eigenvalue weighted by molar-refractivity contribution is 5.94. The van der Waals surface area contributed by atoms with Crippen molar-refractivity contribution in [3.63, 3.8) is 0 Å². The molecule has 5 heteroatoms. The number of aromatic nitrogens is 1. The van der Waals surface area contributed by atoms with E-state index in [4.69, 9.17) is 0 Å². The van der Waals surface area contributed by atoms with Crippen LogP contribution in [0.2, 0.25) is 0 Å². The molecule has 1 saturated heterocycles. The van der Waals surface area contributed by atoms with Gasteiger partial charge in [0.25, 0.3) is 11.5 Å². The van der Waals surface area contributed by atoms with Crippen molar-refractivity contribution >= 4 is 5.91 Å². The van der Waals surface area contributed by atoms with E-state index in [1.165, 1.54) is 0 Å². The zero-order valence-corrected chi connectivity index (χ0v) is 15.1. The fourth-order valence-corrected chi connectivity index (χ4v) is 3.57. The minimum absolute atomic E-state index is 0.115. The number of nitrogens with zero attached hydrogens (tertiary/aromatic N) is 3. The molecular weight excluding hydrogens is 290 g/mol. The van der Waals surface area contributed by atoms with E-state index in [9.17, 15) is 9.59 Å². The van der Waals surface area contributed by atoms with E-state index in [0.29, 0.717) is 11.6 Å². The molecule has 0 aromatic carbocycles. The summed E-state index contributed by atoms with van der Waals surface area (Å²) in [7, 11) is 5.94. The lowest BCUT2D eigenvalue weighted by Gasteiger charge is -2.23. The summed E-state index contributed by atoms with van der Waals surface area (Å²) in [5.74, 6) is -0.115. The molecule has 2 rings (SSSR count). The smallest absolute Gasteiger partial charge is 0.263 e. The first-order valence-electron chi connectivity index (χ1n) is 8.52. The Hall–Kier alpha value is -1.62. The molecule has 0 aliphatic carbocycles. The van der Waals surface area contributed by atoms with Crippen LogP contribution in [-0.2, 0) is 13.5 Å². The lowest BCUT2D eigenvalue weighted by atomic mass is 10.1. The van der Waals surface area contributed by atoms with Gasteiger partial charge in [0.05, 0.1) is 0 Å². The summed E-state index contributed by atoms with van der Waals surface area (Å²) < 4.78 is 1.63. The third-order valence-corrected chi connectivity index (χ3v) is 5.04. The number of hydrogen-bond acceptors (Lipinski definition) is 3. The maximum Gasteiger partial charge on any atom is 0.263 e. The van der Waals surface area contributed by atoms with Gasteiger partial charge in [-0.05, 0) is 58.3 Å². The molecule has 128 valence electrons. The molecule has 1 fully saturated rings. The third kappa shape index (κ3) is 3.66. The van der Waals surface area contributed by atoms with E-state index < -0.39 is 0 Å². The van der Waals surface area contributed by atoms with Crippen LogP contribution in [0.4, 0.5) is 0 Å². The maximum absolute atomic E-state index is 12.9. The standard InChI is InChI=1S/C18H29N3O2/c1-6-16-13(2)12-15(17(22)20(16)5)18(23)21-10-7-8-14(9-11-21)19(3)4/h12,14H,6-11H2,1-5H3/t14-/m0/s1. The molecule has 0 bridgehead atoms. The summed E-state index contributed by atoms with van der Waals surface area (Å²) in [6.07, 6.45) is 3.84. The molecule has 0 radical (unpaired) electrons. The molecule has 1 aromatic rings. The van der Waals surface area contributed by atoms with Crippen molar-refractivity contribution in [2.75, 3.05) is 27.2 Å². The van der Waals surface area contributed by atoms with Gasteiger partial charge in [-0.1, -0.05) is 6.92 Å². The third-order valence-electron chi connectivity index (χ3n) is 5.04. The van der Waals surface area contributed by atoms with Crippen LogP contribution in [-0.4, -0.2) is 53.5 Å². The van der Waals surface area contributed by atoms with E-state index >= 15 is 0 Å². The summed E-state index contributed by atoms with van der Waals surface area (Å²) >= 11 is 0. The molecule has 1 amide bonds. The number of hydrogen-bond donors (Lipinski definition) is 0. The Morgan fingerprint density at radius 2 is 2.00 bits per heavy atom. The number of carbonyl (C=O) groups excluding carboxylic acids is 1. The number of rotatable bonds is 3. The van der Waals surface area contributed by atoms with Crippen molar-refractivity contribution in [2.45, 2.75) is 45.6 Å². The largest absolute Gasteiger partial charge is 0.338 e. The molecule has 1 aromatic heterocycles. The number of aryl methyl sites for hydroxylation is 1. The molecule has 1 aliphatic heterocycles. The Bertz CT molecular complexity index is 634. The van der Waals surface area contributed by atoms with Gasteiger partial charge in [0.15, 0.2) is 0 Å². The first kappa shape index (κ1) is 17.7. The molecule has 1 aliphatic rings. The highest BCUT2D eigenvalue weighted by Crippen LogP contribution is 2.17. The van der Waals surface area contributed by atoms with Crippen LogP contribution in [0.3, 0.4) is 0 Å². The van der Waals surface area contributed by atoms with Crippen molar-refractivity contribution < 1.29 is 4.79 Å². The second-order valence-electron chi connectivity index (χ2n) is 6.75. The highest BCUT2D eigenvalue weighted by atomic mass is 16.2. The number of amides is 1. The van der Waals surface area contributed by atoms with E-state index in [1.807, 2.05) is 18.7 Å². The van der Waals surface area contributed by atoms with Crippen molar-refractivity contribution in [2.24, 2.45) is 7.05 Å². The van der Waals surface area contributed by atoms with Crippen LogP contribution < -0.4 is 5.56 Å². The predicted molar refractivity (Wildman–Crippen MR) is 93.0 cm³/mol. The van der Waals surface area contributed by atoms with Gasteiger partial charge in [0.1, 0.15) is 5.56 Å². The van der Waals surface area contributed by atoms with Crippen molar-refractivity contribution in [1.82, 2.24) is 14.4 Å². The predicted octanol–water partition coefficient (Wildman–Crippen LogP) is 1.81. The Morgan fingerprint density at radius 1 is 1.30 bits per heavy atom. The van der Waals surface area contributed by atoms with Crippen molar-refractivity contribution in [3.8, 4) is 0 Å². The SMILES string of the molecule is CCc1c(C)cc(C(=O)N2CCC[C@H](N(C)C)CC2)c(=O)n1C. The van der Waals surface area contributed by atoms with Gasteiger partial charge in [-0.15, -0.1) is 0 Å². The van der Waals surface area contributed by atoms with E-state index in [-0.39, 0.29) is 11.5 Å². The maximum atomic E-state index is 12.9. The van der Waals surface area contributed by atoms with Crippen LogP contribution in [0, 0.1) is 6.92 Å². The van der Waals surface area contributed by atoms with Gasteiger partial charge in [0, 0.05) is 31.9 Å². The lowest BCUT2D eigenvalue weighted by molar-refractivity contribution is 0.0756. The monoisotopic (exact) mass is 319 g/mol. The van der Waals surface area contributed by atoms with Crippen LogP contribution in [0.25, 0.3) is 0 Å². The van der Waals surface area contributed by atoms with Crippen LogP contribution in [0.5, 0.6) is 0 Å². The molecule has 23 heavy (non-hydrogen) atoms.